The molecule has 0 atom stereocenters. The van der Waals surface area contributed by atoms with Gasteiger partial charge in [0, 0.05) is 15.8 Å². The Morgan fingerprint density at radius 3 is 2.58 bits per heavy atom. The van der Waals surface area contributed by atoms with Gasteiger partial charge in [0.2, 0.25) is 0 Å². The van der Waals surface area contributed by atoms with Crippen LogP contribution in [0.1, 0.15) is 16.6 Å². The van der Waals surface area contributed by atoms with Crippen molar-refractivity contribution in [2.75, 3.05) is 11.9 Å². The minimum absolute atomic E-state index is 0.264. The summed E-state index contributed by atoms with van der Waals surface area (Å²) in [5.41, 5.74) is 6.02. The molecule has 26 heavy (non-hydrogen) atoms. The quantitative estimate of drug-likeness (QED) is 0.438. The number of ether oxygens (including phenoxy) is 1. The maximum Gasteiger partial charge on any atom is 0.281 e. The maximum absolute atomic E-state index is 12.4. The molecule has 0 unspecified atom stereocenters. The number of carbonyl (C=O) groups is 1. The van der Waals surface area contributed by atoms with Gasteiger partial charge in [0.25, 0.3) is 5.91 Å². The van der Waals surface area contributed by atoms with E-state index in [2.05, 4.69) is 16.2 Å². The molecule has 5 nitrogen and oxygen atoms in total. The van der Waals surface area contributed by atoms with Crippen LogP contribution in [0.2, 0.25) is 5.02 Å². The summed E-state index contributed by atoms with van der Waals surface area (Å²) in [6.45, 7) is 2.54. The normalized spacial score (nSPS) is 10.4. The molecule has 3 rings (SSSR count). The number of hydrogen-bond acceptors (Lipinski definition) is 4. The van der Waals surface area contributed by atoms with Gasteiger partial charge in [0.05, 0.1) is 11.6 Å². The number of halogens is 1. The standard InChI is InChI=1S/C18H16ClN3O2S2/c1-2-24-12-9-7-11(8-10-12)20-18(25)22-21-17(23)16-15(19)13-5-3-4-6-14(13)26-16/h3-10H,2H2,1H3,(H,21,23)(H2,20,22,25). The van der Waals surface area contributed by atoms with Gasteiger partial charge in [-0.3, -0.25) is 15.6 Å². The lowest BCUT2D eigenvalue weighted by Gasteiger charge is -2.11. The average Bonchev–Trinajstić information content (AvgIpc) is 2.99. The largest absolute Gasteiger partial charge is 0.494 e. The van der Waals surface area contributed by atoms with E-state index in [0.29, 0.717) is 16.5 Å². The monoisotopic (exact) mass is 405 g/mol. The summed E-state index contributed by atoms with van der Waals surface area (Å²) in [6, 6.07) is 15.0. The van der Waals surface area contributed by atoms with Gasteiger partial charge in [-0.1, -0.05) is 29.8 Å². The van der Waals surface area contributed by atoms with Crippen LogP contribution in [-0.2, 0) is 0 Å². The number of thiocarbonyl (C=S) groups is 1. The zero-order valence-electron chi connectivity index (χ0n) is 13.8. The molecule has 134 valence electrons. The summed E-state index contributed by atoms with van der Waals surface area (Å²) in [5.74, 6) is 0.441. The molecule has 3 aromatic rings. The van der Waals surface area contributed by atoms with Gasteiger partial charge in [-0.2, -0.15) is 0 Å². The molecule has 0 fully saturated rings. The predicted octanol–water partition coefficient (Wildman–Crippen LogP) is 4.58. The zero-order chi connectivity index (χ0) is 18.5. The lowest BCUT2D eigenvalue weighted by Crippen LogP contribution is -2.43. The van der Waals surface area contributed by atoms with Gasteiger partial charge in [0.1, 0.15) is 10.6 Å². The van der Waals surface area contributed by atoms with Crippen molar-refractivity contribution in [1.82, 2.24) is 10.9 Å². The molecule has 8 heteroatoms. The lowest BCUT2D eigenvalue weighted by atomic mass is 10.2. The van der Waals surface area contributed by atoms with Gasteiger partial charge < -0.3 is 10.1 Å². The maximum atomic E-state index is 12.4. The number of benzene rings is 2. The van der Waals surface area contributed by atoms with Crippen LogP contribution < -0.4 is 20.9 Å². The zero-order valence-corrected chi connectivity index (χ0v) is 16.2. The second kappa shape index (κ2) is 8.35. The van der Waals surface area contributed by atoms with E-state index in [1.54, 1.807) is 0 Å². The van der Waals surface area contributed by atoms with Crippen molar-refractivity contribution in [3.63, 3.8) is 0 Å². The molecule has 2 aromatic carbocycles. The van der Waals surface area contributed by atoms with E-state index in [4.69, 9.17) is 28.6 Å². The molecule has 0 saturated heterocycles. The summed E-state index contributed by atoms with van der Waals surface area (Å²) < 4.78 is 6.34. The van der Waals surface area contributed by atoms with Crippen molar-refractivity contribution in [2.24, 2.45) is 0 Å². The summed E-state index contributed by atoms with van der Waals surface area (Å²) in [5, 5.41) is 4.54. The Labute approximate surface area is 165 Å². The van der Waals surface area contributed by atoms with Gasteiger partial charge in [-0.05, 0) is 49.5 Å². The molecule has 0 spiro atoms. The Kier molecular flexibility index (Phi) is 5.92. The van der Waals surface area contributed by atoms with Crippen LogP contribution in [0, 0.1) is 0 Å². The minimum atomic E-state index is -0.341. The number of hydrogen-bond donors (Lipinski definition) is 3. The molecular formula is C18H16ClN3O2S2. The van der Waals surface area contributed by atoms with Crippen LogP contribution in [0.15, 0.2) is 48.5 Å². The highest BCUT2D eigenvalue weighted by Crippen LogP contribution is 2.34. The number of rotatable bonds is 4. The van der Waals surface area contributed by atoms with Gasteiger partial charge >= 0.3 is 0 Å². The SMILES string of the molecule is CCOc1ccc(NC(=S)NNC(=O)c2sc3ccccc3c2Cl)cc1. The Morgan fingerprint density at radius 1 is 1.15 bits per heavy atom. The highest BCUT2D eigenvalue weighted by Gasteiger charge is 2.16. The average molecular weight is 406 g/mol. The summed E-state index contributed by atoms with van der Waals surface area (Å²) in [6.07, 6.45) is 0. The van der Waals surface area contributed by atoms with Crippen LogP contribution in [0.5, 0.6) is 5.75 Å². The summed E-state index contributed by atoms with van der Waals surface area (Å²) in [4.78, 5) is 12.8. The van der Waals surface area contributed by atoms with Crippen molar-refractivity contribution in [1.29, 1.82) is 0 Å². The Morgan fingerprint density at radius 2 is 1.88 bits per heavy atom. The fourth-order valence-electron chi connectivity index (χ4n) is 2.29. The van der Waals surface area contributed by atoms with Crippen LogP contribution in [0.3, 0.4) is 0 Å². The van der Waals surface area contributed by atoms with E-state index in [9.17, 15) is 4.79 Å². The van der Waals surface area contributed by atoms with Crippen LogP contribution in [0.25, 0.3) is 10.1 Å². The van der Waals surface area contributed by atoms with Gasteiger partial charge in [-0.15, -0.1) is 11.3 Å². The number of thiophene rings is 1. The Balaban J connectivity index is 1.58. The topological polar surface area (TPSA) is 62.4 Å². The third-order valence-electron chi connectivity index (χ3n) is 3.45. The van der Waals surface area contributed by atoms with E-state index >= 15 is 0 Å². The third kappa shape index (κ3) is 4.24. The highest BCUT2D eigenvalue weighted by atomic mass is 35.5. The van der Waals surface area contributed by atoms with E-state index in [-0.39, 0.29) is 11.0 Å². The van der Waals surface area contributed by atoms with Crippen molar-refractivity contribution in [3.05, 3.63) is 58.4 Å². The molecule has 0 saturated carbocycles. The van der Waals surface area contributed by atoms with Crippen LogP contribution in [0.4, 0.5) is 5.69 Å². The molecule has 0 bridgehead atoms. The summed E-state index contributed by atoms with van der Waals surface area (Å²) >= 11 is 12.8. The fourth-order valence-corrected chi connectivity index (χ4v) is 3.87. The molecule has 0 aliphatic heterocycles. The first kappa shape index (κ1) is 18.4. The third-order valence-corrected chi connectivity index (χ3v) is 5.33. The molecule has 0 aliphatic rings. The number of anilines is 1. The number of amides is 1. The van der Waals surface area contributed by atoms with Gasteiger partial charge in [0.15, 0.2) is 5.11 Å². The number of hydrazine groups is 1. The molecule has 1 heterocycles. The summed E-state index contributed by atoms with van der Waals surface area (Å²) in [7, 11) is 0. The predicted molar refractivity (Wildman–Crippen MR) is 111 cm³/mol. The van der Waals surface area contributed by atoms with E-state index in [1.807, 2.05) is 55.5 Å². The van der Waals surface area contributed by atoms with E-state index < -0.39 is 0 Å². The number of carbonyl (C=O) groups excluding carboxylic acids is 1. The smallest absolute Gasteiger partial charge is 0.281 e. The first-order chi connectivity index (χ1) is 12.6. The lowest BCUT2D eigenvalue weighted by molar-refractivity contribution is 0.0948. The minimum Gasteiger partial charge on any atom is -0.494 e. The van der Waals surface area contributed by atoms with E-state index in [0.717, 1.165) is 21.5 Å². The van der Waals surface area contributed by atoms with Crippen molar-refractivity contribution >= 4 is 61.9 Å². The molecule has 1 aromatic heterocycles. The molecule has 1 amide bonds. The second-order valence-corrected chi connectivity index (χ2v) is 7.07. The van der Waals surface area contributed by atoms with Crippen LogP contribution in [-0.4, -0.2) is 17.6 Å². The molecular weight excluding hydrogens is 390 g/mol. The van der Waals surface area contributed by atoms with Crippen LogP contribution >= 0.6 is 35.2 Å². The molecule has 0 radical (unpaired) electrons. The number of fused-ring (bicyclic) bond motifs is 1. The first-order valence-electron chi connectivity index (χ1n) is 7.85. The number of nitrogens with one attached hydrogen (secondary N) is 3. The van der Waals surface area contributed by atoms with E-state index in [1.165, 1.54) is 11.3 Å². The molecule has 0 aliphatic carbocycles. The Hall–Kier alpha value is -2.35. The van der Waals surface area contributed by atoms with Crippen molar-refractivity contribution in [3.8, 4) is 5.75 Å². The fraction of sp³-hybridized carbons (Fsp3) is 0.111. The first-order valence-corrected chi connectivity index (χ1v) is 9.46. The molecule has 3 N–H and O–H groups in total. The van der Waals surface area contributed by atoms with Crippen molar-refractivity contribution < 1.29 is 9.53 Å². The Bertz CT molecular complexity index is 941. The van der Waals surface area contributed by atoms with Crippen molar-refractivity contribution in [2.45, 2.75) is 6.92 Å². The van der Waals surface area contributed by atoms with Gasteiger partial charge in [-0.25, -0.2) is 0 Å². The second-order valence-electron chi connectivity index (χ2n) is 5.23. The highest BCUT2D eigenvalue weighted by molar-refractivity contribution is 7.80.